The highest BCUT2D eigenvalue weighted by molar-refractivity contribution is 5.87. The lowest BCUT2D eigenvalue weighted by molar-refractivity contribution is -0.146. The summed E-state index contributed by atoms with van der Waals surface area (Å²) in [6, 6.07) is -0.425. The molecule has 0 saturated carbocycles. The Balaban J connectivity index is 2.00. The Labute approximate surface area is 109 Å². The van der Waals surface area contributed by atoms with Crippen molar-refractivity contribution in [1.29, 1.82) is 0 Å². The van der Waals surface area contributed by atoms with Gasteiger partial charge in [0.1, 0.15) is 6.04 Å². The van der Waals surface area contributed by atoms with Gasteiger partial charge in [-0.3, -0.25) is 4.79 Å². The van der Waals surface area contributed by atoms with E-state index in [4.69, 9.17) is 4.74 Å². The topological polar surface area (TPSA) is 55.4 Å². The lowest BCUT2D eigenvalue weighted by Crippen LogP contribution is -2.34. The van der Waals surface area contributed by atoms with Crippen LogP contribution in [0.5, 0.6) is 0 Å². The molecule has 102 valence electrons. The third-order valence-corrected chi connectivity index (χ3v) is 2.95. The molecule has 18 heavy (non-hydrogen) atoms. The van der Waals surface area contributed by atoms with Crippen LogP contribution in [0.4, 0.5) is 0 Å². The van der Waals surface area contributed by atoms with E-state index in [1.54, 1.807) is 0 Å². The maximum absolute atomic E-state index is 11.5. The molecule has 4 heteroatoms. The first-order valence-electron chi connectivity index (χ1n) is 6.85. The SMILES string of the molecule is CCCCC/C=C/CCOC(=O)[C@@H]1CCC(=O)N1. The zero-order chi connectivity index (χ0) is 13.2. The van der Waals surface area contributed by atoms with Gasteiger partial charge in [-0.1, -0.05) is 31.9 Å². The van der Waals surface area contributed by atoms with Crippen LogP contribution in [-0.2, 0) is 14.3 Å². The molecule has 1 rings (SSSR count). The molecule has 1 fully saturated rings. The molecule has 0 unspecified atom stereocenters. The van der Waals surface area contributed by atoms with Crippen molar-refractivity contribution in [1.82, 2.24) is 5.32 Å². The van der Waals surface area contributed by atoms with Gasteiger partial charge < -0.3 is 10.1 Å². The van der Waals surface area contributed by atoms with Crippen molar-refractivity contribution in [2.24, 2.45) is 0 Å². The van der Waals surface area contributed by atoms with Gasteiger partial charge in [-0.25, -0.2) is 4.79 Å². The summed E-state index contributed by atoms with van der Waals surface area (Å²) in [6.45, 7) is 2.58. The average Bonchev–Trinajstić information content (AvgIpc) is 2.79. The van der Waals surface area contributed by atoms with Crippen LogP contribution in [0.2, 0.25) is 0 Å². The molecule has 0 aromatic carbocycles. The van der Waals surface area contributed by atoms with Gasteiger partial charge in [0.15, 0.2) is 0 Å². The van der Waals surface area contributed by atoms with Crippen LogP contribution in [-0.4, -0.2) is 24.5 Å². The molecule has 0 spiro atoms. The van der Waals surface area contributed by atoms with Crippen molar-refractivity contribution < 1.29 is 14.3 Å². The number of amides is 1. The molecule has 1 atom stereocenters. The Morgan fingerprint density at radius 2 is 2.17 bits per heavy atom. The summed E-state index contributed by atoms with van der Waals surface area (Å²) in [5.41, 5.74) is 0. The molecule has 0 bridgehead atoms. The molecule has 1 N–H and O–H groups in total. The minimum Gasteiger partial charge on any atom is -0.464 e. The van der Waals surface area contributed by atoms with E-state index in [0.717, 1.165) is 12.8 Å². The molecule has 0 aliphatic carbocycles. The molecule has 0 aromatic heterocycles. The second-order valence-corrected chi connectivity index (χ2v) is 4.58. The molecule has 4 nitrogen and oxygen atoms in total. The molecular formula is C14H23NO3. The number of nitrogens with one attached hydrogen (secondary N) is 1. The molecule has 1 aliphatic rings. The van der Waals surface area contributed by atoms with Crippen molar-refractivity contribution in [2.75, 3.05) is 6.61 Å². The van der Waals surface area contributed by atoms with Crippen LogP contribution in [0.15, 0.2) is 12.2 Å². The quantitative estimate of drug-likeness (QED) is 0.410. The van der Waals surface area contributed by atoms with Crippen LogP contribution in [0.3, 0.4) is 0 Å². The van der Waals surface area contributed by atoms with Crippen LogP contribution in [0.25, 0.3) is 0 Å². The van der Waals surface area contributed by atoms with E-state index in [-0.39, 0.29) is 11.9 Å². The number of ether oxygens (including phenoxy) is 1. The van der Waals surface area contributed by atoms with Crippen molar-refractivity contribution in [3.8, 4) is 0 Å². The first-order chi connectivity index (χ1) is 8.74. The third kappa shape index (κ3) is 5.84. The summed E-state index contributed by atoms with van der Waals surface area (Å²) in [5, 5.41) is 2.60. The fourth-order valence-corrected chi connectivity index (χ4v) is 1.87. The number of unbranched alkanes of at least 4 members (excludes halogenated alkanes) is 3. The Hall–Kier alpha value is -1.32. The molecule has 0 radical (unpaired) electrons. The zero-order valence-corrected chi connectivity index (χ0v) is 11.1. The number of rotatable bonds is 8. The highest BCUT2D eigenvalue weighted by Gasteiger charge is 2.28. The van der Waals surface area contributed by atoms with Gasteiger partial charge >= 0.3 is 5.97 Å². The lowest BCUT2D eigenvalue weighted by atomic mass is 10.2. The standard InChI is InChI=1S/C14H23NO3/c1-2-3-4-5-6-7-8-11-18-14(17)12-9-10-13(16)15-12/h6-7,12H,2-5,8-11H2,1H3,(H,15,16)/b7-6+/t12-/m0/s1. The highest BCUT2D eigenvalue weighted by Crippen LogP contribution is 2.08. The van der Waals surface area contributed by atoms with E-state index in [0.29, 0.717) is 19.4 Å². The first kappa shape index (κ1) is 14.7. The zero-order valence-electron chi connectivity index (χ0n) is 11.1. The fraction of sp³-hybridized carbons (Fsp3) is 0.714. The predicted octanol–water partition coefficient (Wildman–Crippen LogP) is 2.33. The van der Waals surface area contributed by atoms with Gasteiger partial charge in [0.2, 0.25) is 5.91 Å². The highest BCUT2D eigenvalue weighted by atomic mass is 16.5. The van der Waals surface area contributed by atoms with E-state index in [1.807, 2.05) is 0 Å². The fourth-order valence-electron chi connectivity index (χ4n) is 1.87. The van der Waals surface area contributed by atoms with Crippen LogP contribution in [0, 0.1) is 0 Å². The Kier molecular flexibility index (Phi) is 7.14. The van der Waals surface area contributed by atoms with Gasteiger partial charge in [0.25, 0.3) is 0 Å². The monoisotopic (exact) mass is 253 g/mol. The number of carbonyl (C=O) groups excluding carboxylic acids is 2. The second-order valence-electron chi connectivity index (χ2n) is 4.58. The van der Waals surface area contributed by atoms with Crippen LogP contribution < -0.4 is 5.32 Å². The van der Waals surface area contributed by atoms with E-state index in [9.17, 15) is 9.59 Å². The largest absolute Gasteiger partial charge is 0.464 e. The molecule has 1 aliphatic heterocycles. The predicted molar refractivity (Wildman–Crippen MR) is 70.0 cm³/mol. The number of hydrogen-bond acceptors (Lipinski definition) is 3. The number of esters is 1. The maximum atomic E-state index is 11.5. The Morgan fingerprint density at radius 3 is 2.83 bits per heavy atom. The van der Waals surface area contributed by atoms with Gasteiger partial charge in [-0.15, -0.1) is 0 Å². The smallest absolute Gasteiger partial charge is 0.328 e. The summed E-state index contributed by atoms with van der Waals surface area (Å²) in [5.74, 6) is -0.368. The summed E-state index contributed by atoms with van der Waals surface area (Å²) in [7, 11) is 0. The normalized spacial score (nSPS) is 19.2. The van der Waals surface area contributed by atoms with Crippen molar-refractivity contribution in [3.63, 3.8) is 0 Å². The molecule has 1 heterocycles. The molecular weight excluding hydrogens is 230 g/mol. The van der Waals surface area contributed by atoms with E-state index in [2.05, 4.69) is 24.4 Å². The molecule has 0 aromatic rings. The van der Waals surface area contributed by atoms with Gasteiger partial charge in [0, 0.05) is 6.42 Å². The number of allylic oxidation sites excluding steroid dienone is 1. The summed E-state index contributed by atoms with van der Waals surface area (Å²) in [6.07, 6.45) is 10.7. The summed E-state index contributed by atoms with van der Waals surface area (Å²) in [4.78, 5) is 22.4. The number of carbonyl (C=O) groups is 2. The average molecular weight is 253 g/mol. The van der Waals surface area contributed by atoms with Gasteiger partial charge in [0.05, 0.1) is 6.61 Å². The van der Waals surface area contributed by atoms with E-state index < -0.39 is 6.04 Å². The van der Waals surface area contributed by atoms with E-state index >= 15 is 0 Å². The molecule has 1 amide bonds. The van der Waals surface area contributed by atoms with Gasteiger partial charge in [-0.05, 0) is 25.7 Å². The van der Waals surface area contributed by atoms with Crippen molar-refractivity contribution >= 4 is 11.9 Å². The van der Waals surface area contributed by atoms with Crippen molar-refractivity contribution in [3.05, 3.63) is 12.2 Å². The third-order valence-electron chi connectivity index (χ3n) is 2.95. The maximum Gasteiger partial charge on any atom is 0.328 e. The van der Waals surface area contributed by atoms with Crippen LogP contribution >= 0.6 is 0 Å². The molecule has 1 saturated heterocycles. The summed E-state index contributed by atoms with van der Waals surface area (Å²) < 4.78 is 5.10. The lowest BCUT2D eigenvalue weighted by Gasteiger charge is -2.08. The van der Waals surface area contributed by atoms with E-state index in [1.165, 1.54) is 19.3 Å². The Morgan fingerprint density at radius 1 is 1.39 bits per heavy atom. The Bertz CT molecular complexity index is 299. The summed E-state index contributed by atoms with van der Waals surface area (Å²) >= 11 is 0. The first-order valence-corrected chi connectivity index (χ1v) is 6.85. The minimum atomic E-state index is -0.425. The van der Waals surface area contributed by atoms with Crippen LogP contribution in [0.1, 0.15) is 51.9 Å². The second kappa shape index (κ2) is 8.72. The minimum absolute atomic E-state index is 0.0623. The van der Waals surface area contributed by atoms with Crippen molar-refractivity contribution in [2.45, 2.75) is 57.9 Å². The number of hydrogen-bond donors (Lipinski definition) is 1. The van der Waals surface area contributed by atoms with Gasteiger partial charge in [-0.2, -0.15) is 0 Å².